The van der Waals surface area contributed by atoms with Crippen LogP contribution in [0.3, 0.4) is 0 Å². The predicted octanol–water partition coefficient (Wildman–Crippen LogP) is 2.62. The number of esters is 1. The van der Waals surface area contributed by atoms with Gasteiger partial charge in [-0.15, -0.1) is 0 Å². The minimum Gasteiger partial charge on any atom is -0.482 e. The van der Waals surface area contributed by atoms with Gasteiger partial charge < -0.3 is 19.5 Å². The van der Waals surface area contributed by atoms with E-state index in [9.17, 15) is 9.59 Å². The molecule has 2 aromatic rings. The van der Waals surface area contributed by atoms with E-state index in [4.69, 9.17) is 14.2 Å². The standard InChI is InChI=1S/C18H17NO5/c1-11-3-4-12(2)16(7-11)23-10-18(21)24-13-5-6-15-14(8-13)19-17(20)9-22-15/h3-8H,9-10H2,1-2H3,(H,19,20). The molecule has 1 heterocycles. The molecule has 0 radical (unpaired) electrons. The average molecular weight is 327 g/mol. The minimum absolute atomic E-state index is 0.0180. The van der Waals surface area contributed by atoms with Crippen molar-refractivity contribution in [1.29, 1.82) is 0 Å². The number of anilines is 1. The van der Waals surface area contributed by atoms with Crippen LogP contribution in [0.25, 0.3) is 0 Å². The molecule has 0 unspecified atom stereocenters. The molecule has 0 fully saturated rings. The Balaban J connectivity index is 1.62. The largest absolute Gasteiger partial charge is 0.482 e. The second-order valence-electron chi connectivity index (χ2n) is 5.53. The van der Waals surface area contributed by atoms with Crippen molar-refractivity contribution in [2.24, 2.45) is 0 Å². The van der Waals surface area contributed by atoms with Crippen molar-refractivity contribution in [3.8, 4) is 17.2 Å². The number of hydrogen-bond donors (Lipinski definition) is 1. The predicted molar refractivity (Wildman–Crippen MR) is 87.6 cm³/mol. The Morgan fingerprint density at radius 1 is 1.21 bits per heavy atom. The van der Waals surface area contributed by atoms with Crippen molar-refractivity contribution in [2.45, 2.75) is 13.8 Å². The maximum Gasteiger partial charge on any atom is 0.349 e. The summed E-state index contributed by atoms with van der Waals surface area (Å²) < 4.78 is 16.0. The summed E-state index contributed by atoms with van der Waals surface area (Å²) in [6.45, 7) is 3.64. The Hall–Kier alpha value is -3.02. The van der Waals surface area contributed by atoms with Crippen molar-refractivity contribution >= 4 is 17.6 Å². The Morgan fingerprint density at radius 2 is 2.04 bits per heavy atom. The normalized spacial score (nSPS) is 12.7. The summed E-state index contributed by atoms with van der Waals surface area (Å²) in [5.41, 5.74) is 2.48. The molecule has 0 atom stereocenters. The SMILES string of the molecule is Cc1ccc(C)c(OCC(=O)Oc2ccc3c(c2)NC(=O)CO3)c1. The molecular formula is C18H17NO5. The summed E-state index contributed by atoms with van der Waals surface area (Å²) in [7, 11) is 0. The van der Waals surface area contributed by atoms with Gasteiger partial charge in [0.25, 0.3) is 5.91 Å². The van der Waals surface area contributed by atoms with Crippen molar-refractivity contribution < 1.29 is 23.8 Å². The molecule has 2 aromatic carbocycles. The third-order valence-electron chi connectivity index (χ3n) is 3.50. The second-order valence-corrected chi connectivity index (χ2v) is 5.53. The Labute approximate surface area is 139 Å². The van der Waals surface area contributed by atoms with E-state index in [1.807, 2.05) is 32.0 Å². The number of nitrogens with one attached hydrogen (secondary N) is 1. The molecule has 3 rings (SSSR count). The minimum atomic E-state index is -0.529. The first-order valence-electron chi connectivity index (χ1n) is 7.49. The van der Waals surface area contributed by atoms with Gasteiger partial charge in [-0.05, 0) is 43.2 Å². The Morgan fingerprint density at radius 3 is 2.88 bits per heavy atom. The van der Waals surface area contributed by atoms with E-state index in [1.54, 1.807) is 18.2 Å². The van der Waals surface area contributed by atoms with Crippen LogP contribution in [-0.4, -0.2) is 25.1 Å². The van der Waals surface area contributed by atoms with Crippen molar-refractivity contribution in [3.63, 3.8) is 0 Å². The zero-order valence-electron chi connectivity index (χ0n) is 13.4. The van der Waals surface area contributed by atoms with Crippen LogP contribution in [0.4, 0.5) is 5.69 Å². The summed E-state index contributed by atoms with van der Waals surface area (Å²) in [6, 6.07) is 10.6. The zero-order valence-corrected chi connectivity index (χ0v) is 13.4. The van der Waals surface area contributed by atoms with Gasteiger partial charge in [0.05, 0.1) is 5.69 Å². The summed E-state index contributed by atoms with van der Waals surface area (Å²) in [5, 5.41) is 2.66. The van der Waals surface area contributed by atoms with Crippen LogP contribution in [0, 0.1) is 13.8 Å². The van der Waals surface area contributed by atoms with Gasteiger partial charge in [0.2, 0.25) is 0 Å². The van der Waals surface area contributed by atoms with Crippen LogP contribution < -0.4 is 19.5 Å². The van der Waals surface area contributed by atoms with E-state index in [0.29, 0.717) is 22.9 Å². The highest BCUT2D eigenvalue weighted by Crippen LogP contribution is 2.31. The van der Waals surface area contributed by atoms with Gasteiger partial charge in [-0.3, -0.25) is 4.79 Å². The third-order valence-corrected chi connectivity index (χ3v) is 3.50. The first kappa shape index (κ1) is 15.9. The number of carbonyl (C=O) groups excluding carboxylic acids is 2. The molecule has 0 saturated heterocycles. The lowest BCUT2D eigenvalue weighted by Gasteiger charge is -2.18. The van der Waals surface area contributed by atoms with Crippen LogP contribution >= 0.6 is 0 Å². The maximum absolute atomic E-state index is 11.9. The summed E-state index contributed by atoms with van der Waals surface area (Å²) in [6.07, 6.45) is 0. The second kappa shape index (κ2) is 6.62. The van der Waals surface area contributed by atoms with E-state index >= 15 is 0 Å². The molecule has 1 amide bonds. The molecule has 1 aliphatic heterocycles. The fraction of sp³-hybridized carbons (Fsp3) is 0.222. The third kappa shape index (κ3) is 3.65. The first-order chi connectivity index (χ1) is 11.5. The molecule has 0 saturated carbocycles. The molecule has 0 aromatic heterocycles. The molecule has 1 N–H and O–H groups in total. The summed E-state index contributed by atoms with van der Waals surface area (Å²) >= 11 is 0. The number of hydrogen-bond acceptors (Lipinski definition) is 5. The highest BCUT2D eigenvalue weighted by Gasteiger charge is 2.17. The van der Waals surface area contributed by atoms with E-state index in [-0.39, 0.29) is 19.1 Å². The maximum atomic E-state index is 11.9. The highest BCUT2D eigenvalue weighted by molar-refractivity contribution is 5.95. The van der Waals surface area contributed by atoms with Crippen LogP contribution in [-0.2, 0) is 9.59 Å². The summed E-state index contributed by atoms with van der Waals surface area (Å²) in [5.74, 6) is 0.733. The number of fused-ring (bicyclic) bond motifs is 1. The molecule has 6 nitrogen and oxygen atoms in total. The monoisotopic (exact) mass is 327 g/mol. The van der Waals surface area contributed by atoms with Crippen LogP contribution in [0.5, 0.6) is 17.2 Å². The lowest BCUT2D eigenvalue weighted by Crippen LogP contribution is -2.25. The first-order valence-corrected chi connectivity index (χ1v) is 7.49. The van der Waals surface area contributed by atoms with E-state index < -0.39 is 5.97 Å². The molecule has 0 spiro atoms. The van der Waals surface area contributed by atoms with Crippen molar-refractivity contribution in [2.75, 3.05) is 18.5 Å². The zero-order chi connectivity index (χ0) is 17.1. The molecule has 1 aliphatic rings. The molecular weight excluding hydrogens is 310 g/mol. The summed E-state index contributed by atoms with van der Waals surface area (Å²) in [4.78, 5) is 23.3. The van der Waals surface area contributed by atoms with Gasteiger partial charge in [0.1, 0.15) is 17.2 Å². The lowest BCUT2D eigenvalue weighted by atomic mass is 10.1. The van der Waals surface area contributed by atoms with Crippen LogP contribution in [0.2, 0.25) is 0 Å². The lowest BCUT2D eigenvalue weighted by molar-refractivity contribution is -0.136. The fourth-order valence-electron chi connectivity index (χ4n) is 2.29. The average Bonchev–Trinajstić information content (AvgIpc) is 2.55. The van der Waals surface area contributed by atoms with Gasteiger partial charge in [0, 0.05) is 6.07 Å². The van der Waals surface area contributed by atoms with Gasteiger partial charge >= 0.3 is 5.97 Å². The van der Waals surface area contributed by atoms with Gasteiger partial charge in [-0.1, -0.05) is 12.1 Å². The van der Waals surface area contributed by atoms with Gasteiger partial charge in [-0.2, -0.15) is 0 Å². The van der Waals surface area contributed by atoms with Crippen molar-refractivity contribution in [1.82, 2.24) is 0 Å². The van der Waals surface area contributed by atoms with E-state index in [1.165, 1.54) is 0 Å². The van der Waals surface area contributed by atoms with E-state index in [2.05, 4.69) is 5.32 Å². The highest BCUT2D eigenvalue weighted by atomic mass is 16.6. The van der Waals surface area contributed by atoms with Crippen LogP contribution in [0.15, 0.2) is 36.4 Å². The fourth-order valence-corrected chi connectivity index (χ4v) is 2.29. The van der Waals surface area contributed by atoms with Gasteiger partial charge in [0.15, 0.2) is 13.2 Å². The van der Waals surface area contributed by atoms with E-state index in [0.717, 1.165) is 11.1 Å². The van der Waals surface area contributed by atoms with Crippen LogP contribution in [0.1, 0.15) is 11.1 Å². The number of benzene rings is 2. The molecule has 24 heavy (non-hydrogen) atoms. The smallest absolute Gasteiger partial charge is 0.349 e. The molecule has 0 bridgehead atoms. The topological polar surface area (TPSA) is 73.9 Å². The Bertz CT molecular complexity index is 800. The molecule has 0 aliphatic carbocycles. The Kier molecular flexibility index (Phi) is 4.37. The number of carbonyl (C=O) groups is 2. The van der Waals surface area contributed by atoms with Crippen molar-refractivity contribution in [3.05, 3.63) is 47.5 Å². The number of amides is 1. The number of ether oxygens (including phenoxy) is 3. The quantitative estimate of drug-likeness (QED) is 0.690. The molecule has 124 valence electrons. The number of aryl methyl sites for hydroxylation is 2. The number of rotatable bonds is 4. The van der Waals surface area contributed by atoms with Gasteiger partial charge in [-0.25, -0.2) is 4.79 Å². The molecule has 6 heteroatoms.